The van der Waals surface area contributed by atoms with Gasteiger partial charge in [-0.3, -0.25) is 9.20 Å². The molecule has 1 saturated heterocycles. The lowest BCUT2D eigenvalue weighted by atomic mass is 10.2. The number of nitrogens with zero attached hydrogens (tertiary/aromatic N) is 2. The van der Waals surface area contributed by atoms with Gasteiger partial charge in [-0.15, -0.1) is 11.3 Å². The van der Waals surface area contributed by atoms with Crippen LogP contribution >= 0.6 is 11.3 Å². The Kier molecular flexibility index (Phi) is 2.82. The maximum absolute atomic E-state index is 11.8. The lowest BCUT2D eigenvalue weighted by Crippen LogP contribution is -2.40. The quantitative estimate of drug-likeness (QED) is 0.845. The molecule has 3 rings (SSSR count). The minimum atomic E-state index is -0.0151. The molecule has 5 nitrogen and oxygen atoms in total. The summed E-state index contributed by atoms with van der Waals surface area (Å²) in [5, 5.41) is 8.09. The summed E-state index contributed by atoms with van der Waals surface area (Å²) in [6.07, 6.45) is 5.94. The molecular formula is C11H14N4OS. The number of carbonyl (C=O) groups excluding carboxylic acids is 1. The van der Waals surface area contributed by atoms with Crippen LogP contribution in [0.5, 0.6) is 0 Å². The molecule has 90 valence electrons. The number of rotatable bonds is 3. The van der Waals surface area contributed by atoms with Crippen molar-refractivity contribution in [3.63, 3.8) is 0 Å². The number of carbonyl (C=O) groups is 1. The fourth-order valence-electron chi connectivity index (χ4n) is 2.07. The highest BCUT2D eigenvalue weighted by Crippen LogP contribution is 2.11. The van der Waals surface area contributed by atoms with Crippen LogP contribution in [0.3, 0.4) is 0 Å². The number of amides is 1. The van der Waals surface area contributed by atoms with Crippen LogP contribution in [0.2, 0.25) is 0 Å². The molecular weight excluding hydrogens is 236 g/mol. The second kappa shape index (κ2) is 4.46. The molecule has 1 aliphatic heterocycles. The van der Waals surface area contributed by atoms with E-state index in [1.165, 1.54) is 0 Å². The Morgan fingerprint density at radius 2 is 2.65 bits per heavy atom. The van der Waals surface area contributed by atoms with E-state index in [-0.39, 0.29) is 11.9 Å². The Balaban J connectivity index is 1.60. The first-order valence-corrected chi connectivity index (χ1v) is 6.63. The van der Waals surface area contributed by atoms with E-state index in [9.17, 15) is 4.79 Å². The Labute approximate surface area is 103 Å². The maximum Gasteiger partial charge on any atom is 0.237 e. The van der Waals surface area contributed by atoms with Crippen LogP contribution in [0.15, 0.2) is 17.8 Å². The number of aromatic nitrogens is 2. The second-order valence-electron chi connectivity index (χ2n) is 4.19. The number of hydrogen-bond donors (Lipinski definition) is 2. The topological polar surface area (TPSA) is 58.4 Å². The van der Waals surface area contributed by atoms with Crippen molar-refractivity contribution in [3.8, 4) is 0 Å². The molecule has 1 atom stereocenters. The lowest BCUT2D eigenvalue weighted by Gasteiger charge is -2.09. The van der Waals surface area contributed by atoms with E-state index in [2.05, 4.69) is 15.6 Å². The normalized spacial score (nSPS) is 19.9. The Morgan fingerprint density at radius 3 is 3.41 bits per heavy atom. The van der Waals surface area contributed by atoms with Crippen molar-refractivity contribution in [2.45, 2.75) is 25.4 Å². The zero-order valence-corrected chi connectivity index (χ0v) is 10.2. The molecule has 3 heterocycles. The van der Waals surface area contributed by atoms with Gasteiger partial charge in [0.1, 0.15) is 0 Å². The van der Waals surface area contributed by atoms with Gasteiger partial charge in [0.15, 0.2) is 4.96 Å². The van der Waals surface area contributed by atoms with Crippen LogP contribution in [-0.2, 0) is 11.3 Å². The number of imidazole rings is 1. The zero-order valence-electron chi connectivity index (χ0n) is 9.35. The van der Waals surface area contributed by atoms with Crippen molar-refractivity contribution in [1.82, 2.24) is 20.0 Å². The van der Waals surface area contributed by atoms with Crippen LogP contribution in [0.25, 0.3) is 4.96 Å². The summed E-state index contributed by atoms with van der Waals surface area (Å²) in [7, 11) is 0. The van der Waals surface area contributed by atoms with Crippen LogP contribution < -0.4 is 10.6 Å². The summed E-state index contributed by atoms with van der Waals surface area (Å²) in [6, 6.07) is -0.0151. The first kappa shape index (κ1) is 10.7. The van der Waals surface area contributed by atoms with Crippen molar-refractivity contribution in [1.29, 1.82) is 0 Å². The van der Waals surface area contributed by atoms with Crippen molar-refractivity contribution >= 4 is 22.2 Å². The third kappa shape index (κ3) is 2.18. The van der Waals surface area contributed by atoms with Gasteiger partial charge in [0.2, 0.25) is 5.91 Å². The second-order valence-corrected chi connectivity index (χ2v) is 5.06. The van der Waals surface area contributed by atoms with Crippen LogP contribution in [0, 0.1) is 0 Å². The van der Waals surface area contributed by atoms with Gasteiger partial charge in [-0.25, -0.2) is 4.98 Å². The highest BCUT2D eigenvalue weighted by Gasteiger charge is 2.21. The van der Waals surface area contributed by atoms with Gasteiger partial charge in [-0.05, 0) is 19.4 Å². The molecule has 6 heteroatoms. The van der Waals surface area contributed by atoms with Gasteiger partial charge in [0.05, 0.1) is 18.3 Å². The fraction of sp³-hybridized carbons (Fsp3) is 0.455. The molecule has 0 aliphatic carbocycles. The van der Waals surface area contributed by atoms with E-state index in [0.29, 0.717) is 6.54 Å². The summed E-state index contributed by atoms with van der Waals surface area (Å²) in [5.74, 6) is 0.0823. The summed E-state index contributed by atoms with van der Waals surface area (Å²) in [6.45, 7) is 1.45. The Hall–Kier alpha value is -1.40. The summed E-state index contributed by atoms with van der Waals surface area (Å²) < 4.78 is 1.97. The maximum atomic E-state index is 11.8. The van der Waals surface area contributed by atoms with E-state index >= 15 is 0 Å². The lowest BCUT2D eigenvalue weighted by molar-refractivity contribution is -0.122. The van der Waals surface area contributed by atoms with E-state index < -0.39 is 0 Å². The van der Waals surface area contributed by atoms with Gasteiger partial charge in [-0.2, -0.15) is 0 Å². The standard InChI is InChI=1S/C11H14N4OS/c16-10(9-2-1-3-12-9)13-6-8-7-15-4-5-17-11(15)14-8/h4-5,7,9,12H,1-3,6H2,(H,13,16). The first-order valence-electron chi connectivity index (χ1n) is 5.75. The van der Waals surface area contributed by atoms with Crippen molar-refractivity contribution in [2.24, 2.45) is 0 Å². The molecule has 2 aromatic rings. The van der Waals surface area contributed by atoms with Gasteiger partial charge < -0.3 is 10.6 Å². The number of hydrogen-bond acceptors (Lipinski definition) is 4. The minimum Gasteiger partial charge on any atom is -0.349 e. The molecule has 0 saturated carbocycles. The molecule has 17 heavy (non-hydrogen) atoms. The summed E-state index contributed by atoms with van der Waals surface area (Å²) in [5.41, 5.74) is 0.906. The molecule has 2 aromatic heterocycles. The highest BCUT2D eigenvalue weighted by molar-refractivity contribution is 7.15. The van der Waals surface area contributed by atoms with E-state index in [0.717, 1.165) is 30.0 Å². The predicted octanol–water partition coefficient (Wildman–Crippen LogP) is 0.764. The highest BCUT2D eigenvalue weighted by atomic mass is 32.1. The van der Waals surface area contributed by atoms with Crippen molar-refractivity contribution < 1.29 is 4.79 Å². The van der Waals surface area contributed by atoms with Crippen molar-refractivity contribution in [2.75, 3.05) is 6.54 Å². The summed E-state index contributed by atoms with van der Waals surface area (Å²) in [4.78, 5) is 17.2. The Bertz CT molecular complexity index is 498. The zero-order chi connectivity index (χ0) is 11.7. The van der Waals surface area contributed by atoms with E-state index in [1.807, 2.05) is 22.2 Å². The molecule has 1 amide bonds. The third-order valence-corrected chi connectivity index (χ3v) is 3.73. The molecule has 0 radical (unpaired) electrons. The molecule has 0 bridgehead atoms. The van der Waals surface area contributed by atoms with Gasteiger partial charge >= 0.3 is 0 Å². The molecule has 0 aromatic carbocycles. The van der Waals surface area contributed by atoms with Gasteiger partial charge in [0, 0.05) is 17.8 Å². The number of fused-ring (bicyclic) bond motifs is 1. The predicted molar refractivity (Wildman–Crippen MR) is 65.9 cm³/mol. The minimum absolute atomic E-state index is 0.0151. The first-order chi connectivity index (χ1) is 8.33. The SMILES string of the molecule is O=C(NCc1cn2ccsc2n1)C1CCCN1. The van der Waals surface area contributed by atoms with E-state index in [1.54, 1.807) is 11.3 Å². The van der Waals surface area contributed by atoms with Gasteiger partial charge in [0.25, 0.3) is 0 Å². The average Bonchev–Trinajstić information content (AvgIpc) is 3.01. The molecule has 1 fully saturated rings. The number of nitrogens with one attached hydrogen (secondary N) is 2. The number of thiazole rings is 1. The Morgan fingerprint density at radius 1 is 1.71 bits per heavy atom. The summed E-state index contributed by atoms with van der Waals surface area (Å²) >= 11 is 1.59. The molecule has 0 spiro atoms. The fourth-order valence-corrected chi connectivity index (χ4v) is 2.79. The monoisotopic (exact) mass is 250 g/mol. The third-order valence-electron chi connectivity index (χ3n) is 2.96. The van der Waals surface area contributed by atoms with Crippen LogP contribution in [-0.4, -0.2) is 27.9 Å². The molecule has 1 unspecified atom stereocenters. The van der Waals surface area contributed by atoms with Crippen LogP contribution in [0.4, 0.5) is 0 Å². The van der Waals surface area contributed by atoms with Crippen LogP contribution in [0.1, 0.15) is 18.5 Å². The largest absolute Gasteiger partial charge is 0.349 e. The molecule has 1 aliphatic rings. The molecule has 2 N–H and O–H groups in total. The smallest absolute Gasteiger partial charge is 0.237 e. The van der Waals surface area contributed by atoms with Crippen molar-refractivity contribution in [3.05, 3.63) is 23.5 Å². The van der Waals surface area contributed by atoms with E-state index in [4.69, 9.17) is 0 Å². The average molecular weight is 250 g/mol. The van der Waals surface area contributed by atoms with Gasteiger partial charge in [-0.1, -0.05) is 0 Å².